The third-order valence-electron chi connectivity index (χ3n) is 2.57. The summed E-state index contributed by atoms with van der Waals surface area (Å²) in [5.41, 5.74) is 0. The van der Waals surface area contributed by atoms with Crippen molar-refractivity contribution in [1.82, 2.24) is 0 Å². The first-order valence-electron chi connectivity index (χ1n) is 5.12. The van der Waals surface area contributed by atoms with Gasteiger partial charge in [0.25, 0.3) is 0 Å². The van der Waals surface area contributed by atoms with Gasteiger partial charge in [0.1, 0.15) is 0 Å². The zero-order chi connectivity index (χ0) is 8.81. The highest BCUT2D eigenvalue weighted by atomic mass is 32.1. The fourth-order valence-corrected chi connectivity index (χ4v) is 4.69. The molecule has 1 aliphatic rings. The summed E-state index contributed by atoms with van der Waals surface area (Å²) >= 11 is 4.50. The molecule has 1 heterocycles. The molecular weight excluding hydrogens is 184 g/mol. The van der Waals surface area contributed by atoms with E-state index in [2.05, 4.69) is 19.6 Å². The van der Waals surface area contributed by atoms with Crippen molar-refractivity contribution in [1.29, 1.82) is 0 Å². The molecular formula is C9H20OSSi. The summed E-state index contributed by atoms with van der Waals surface area (Å²) < 4.78 is 5.78. The molecule has 1 saturated heterocycles. The van der Waals surface area contributed by atoms with Crippen LogP contribution < -0.4 is 0 Å². The van der Waals surface area contributed by atoms with Gasteiger partial charge in [-0.3, -0.25) is 0 Å². The minimum Gasteiger partial charge on any atom is -0.420 e. The van der Waals surface area contributed by atoms with Crippen LogP contribution in [0, 0.1) is 0 Å². The molecule has 12 heavy (non-hydrogen) atoms. The first-order valence-corrected chi connectivity index (χ1v) is 7.74. The molecule has 1 fully saturated rings. The smallest absolute Gasteiger partial charge is 0.176 e. The van der Waals surface area contributed by atoms with Crippen molar-refractivity contribution >= 4 is 21.7 Å². The van der Waals surface area contributed by atoms with Gasteiger partial charge in [0, 0.05) is 11.9 Å². The van der Waals surface area contributed by atoms with Crippen LogP contribution in [0.5, 0.6) is 0 Å². The second kappa shape index (κ2) is 6.05. The maximum Gasteiger partial charge on any atom is 0.176 e. The molecule has 0 radical (unpaired) electrons. The largest absolute Gasteiger partial charge is 0.420 e. The van der Waals surface area contributed by atoms with E-state index in [1.54, 1.807) is 0 Å². The Morgan fingerprint density at radius 1 is 1.50 bits per heavy atom. The molecule has 0 aromatic heterocycles. The molecule has 1 nitrogen and oxygen atoms in total. The Hall–Kier alpha value is 0.527. The van der Waals surface area contributed by atoms with Crippen molar-refractivity contribution < 1.29 is 4.43 Å². The molecule has 2 unspecified atom stereocenters. The Morgan fingerprint density at radius 3 is 2.92 bits per heavy atom. The summed E-state index contributed by atoms with van der Waals surface area (Å²) in [4.78, 5) is 0. The van der Waals surface area contributed by atoms with Gasteiger partial charge < -0.3 is 4.43 Å². The van der Waals surface area contributed by atoms with Gasteiger partial charge in [-0.2, -0.15) is 12.6 Å². The molecule has 0 amide bonds. The van der Waals surface area contributed by atoms with Gasteiger partial charge in [-0.05, 0) is 31.4 Å². The summed E-state index contributed by atoms with van der Waals surface area (Å²) in [6, 6.07) is 2.76. The molecule has 0 bridgehead atoms. The monoisotopic (exact) mass is 204 g/mol. The topological polar surface area (TPSA) is 9.23 Å². The van der Waals surface area contributed by atoms with Crippen molar-refractivity contribution in [2.45, 2.75) is 49.9 Å². The first kappa shape index (κ1) is 10.6. The molecule has 2 atom stereocenters. The summed E-state index contributed by atoms with van der Waals surface area (Å²) in [7, 11) is -0.745. The van der Waals surface area contributed by atoms with E-state index in [0.717, 1.165) is 6.61 Å². The highest BCUT2D eigenvalue weighted by Crippen LogP contribution is 2.18. The molecule has 0 spiro atoms. The van der Waals surface area contributed by atoms with Crippen LogP contribution in [0.2, 0.25) is 12.1 Å². The standard InChI is InChI=1S/C9H20OSSi/c1-2-9(11)5-8-12-7-4-3-6-10-12/h9,11-12H,2-8H2,1H3. The zero-order valence-electron chi connectivity index (χ0n) is 7.96. The van der Waals surface area contributed by atoms with Gasteiger partial charge in [0.15, 0.2) is 9.04 Å². The number of hydrogen-bond acceptors (Lipinski definition) is 2. The third kappa shape index (κ3) is 3.96. The van der Waals surface area contributed by atoms with Crippen LogP contribution in [-0.4, -0.2) is 20.9 Å². The predicted octanol–water partition coefficient (Wildman–Crippen LogP) is 2.62. The van der Waals surface area contributed by atoms with E-state index in [0.29, 0.717) is 5.25 Å². The number of thiol groups is 1. The Bertz CT molecular complexity index is 115. The van der Waals surface area contributed by atoms with E-state index in [9.17, 15) is 0 Å². The molecule has 1 aliphatic heterocycles. The van der Waals surface area contributed by atoms with Gasteiger partial charge in [0.05, 0.1) is 0 Å². The van der Waals surface area contributed by atoms with Crippen LogP contribution in [0.15, 0.2) is 0 Å². The van der Waals surface area contributed by atoms with Crippen LogP contribution in [-0.2, 0) is 4.43 Å². The molecule has 1 rings (SSSR count). The SMILES string of the molecule is CCC(S)CC[SiH]1CCCCO1. The quantitative estimate of drug-likeness (QED) is 0.547. The van der Waals surface area contributed by atoms with Crippen molar-refractivity contribution in [2.24, 2.45) is 0 Å². The maximum absolute atomic E-state index is 5.78. The molecule has 72 valence electrons. The van der Waals surface area contributed by atoms with Crippen LogP contribution in [0.3, 0.4) is 0 Å². The predicted molar refractivity (Wildman–Crippen MR) is 59.6 cm³/mol. The van der Waals surface area contributed by atoms with E-state index in [1.807, 2.05) is 0 Å². The van der Waals surface area contributed by atoms with Gasteiger partial charge in [0.2, 0.25) is 0 Å². The minimum absolute atomic E-state index is 0.614. The zero-order valence-corrected chi connectivity index (χ0v) is 10.0. The average Bonchev–Trinajstić information content (AvgIpc) is 2.16. The van der Waals surface area contributed by atoms with Crippen LogP contribution in [0.25, 0.3) is 0 Å². The van der Waals surface area contributed by atoms with Gasteiger partial charge in [-0.1, -0.05) is 13.3 Å². The Balaban J connectivity index is 2.05. The Morgan fingerprint density at radius 2 is 2.33 bits per heavy atom. The van der Waals surface area contributed by atoms with Crippen molar-refractivity contribution in [3.8, 4) is 0 Å². The fourth-order valence-electron chi connectivity index (χ4n) is 1.62. The molecule has 0 aromatic carbocycles. The lowest BCUT2D eigenvalue weighted by molar-refractivity contribution is 0.286. The van der Waals surface area contributed by atoms with Gasteiger partial charge in [-0.15, -0.1) is 0 Å². The van der Waals surface area contributed by atoms with Crippen LogP contribution in [0.1, 0.15) is 32.6 Å². The van der Waals surface area contributed by atoms with Crippen LogP contribution in [0.4, 0.5) is 0 Å². The molecule has 3 heteroatoms. The second-order valence-corrected chi connectivity index (χ2v) is 7.09. The third-order valence-corrected chi connectivity index (χ3v) is 5.93. The lowest BCUT2D eigenvalue weighted by atomic mass is 10.3. The molecule has 0 aromatic rings. The van der Waals surface area contributed by atoms with Crippen molar-refractivity contribution in [3.05, 3.63) is 0 Å². The summed E-state index contributed by atoms with van der Waals surface area (Å²) in [6.45, 7) is 3.25. The lowest BCUT2D eigenvalue weighted by Crippen LogP contribution is -2.23. The first-order chi connectivity index (χ1) is 5.83. The Kier molecular flexibility index (Phi) is 5.35. The lowest BCUT2D eigenvalue weighted by Gasteiger charge is -2.21. The fraction of sp³-hybridized carbons (Fsp3) is 1.00. The van der Waals surface area contributed by atoms with Crippen molar-refractivity contribution in [2.75, 3.05) is 6.61 Å². The summed E-state index contributed by atoms with van der Waals surface area (Å²) in [5.74, 6) is 0. The highest BCUT2D eigenvalue weighted by Gasteiger charge is 2.16. The second-order valence-electron chi connectivity index (χ2n) is 3.63. The molecule has 0 aliphatic carbocycles. The number of hydrogen-bond donors (Lipinski definition) is 1. The normalized spacial score (nSPS) is 27.0. The average molecular weight is 204 g/mol. The summed E-state index contributed by atoms with van der Waals surface area (Å²) in [5, 5.41) is 0.614. The summed E-state index contributed by atoms with van der Waals surface area (Å²) in [6.07, 6.45) is 5.18. The Labute approximate surface area is 83.0 Å². The van der Waals surface area contributed by atoms with E-state index in [4.69, 9.17) is 4.43 Å². The van der Waals surface area contributed by atoms with E-state index in [-0.39, 0.29) is 0 Å². The highest BCUT2D eigenvalue weighted by molar-refractivity contribution is 7.80. The molecule has 0 N–H and O–H groups in total. The maximum atomic E-state index is 5.78. The number of rotatable bonds is 4. The molecule has 0 saturated carbocycles. The van der Waals surface area contributed by atoms with Gasteiger partial charge >= 0.3 is 0 Å². The van der Waals surface area contributed by atoms with Gasteiger partial charge in [-0.25, -0.2) is 0 Å². The van der Waals surface area contributed by atoms with Crippen LogP contribution >= 0.6 is 12.6 Å². The van der Waals surface area contributed by atoms with E-state index < -0.39 is 9.04 Å². The van der Waals surface area contributed by atoms with E-state index >= 15 is 0 Å². The minimum atomic E-state index is -0.745. The van der Waals surface area contributed by atoms with Crippen molar-refractivity contribution in [3.63, 3.8) is 0 Å². The van der Waals surface area contributed by atoms with E-state index in [1.165, 1.54) is 37.8 Å².